The second kappa shape index (κ2) is 6.25. The van der Waals surface area contributed by atoms with Gasteiger partial charge in [0.25, 0.3) is 5.91 Å². The highest BCUT2D eigenvalue weighted by molar-refractivity contribution is 5.95. The van der Waals surface area contributed by atoms with Crippen LogP contribution in [0.5, 0.6) is 11.5 Å². The molecule has 118 valence electrons. The molecule has 0 bridgehead atoms. The van der Waals surface area contributed by atoms with Crippen LogP contribution in [-0.2, 0) is 4.79 Å². The van der Waals surface area contributed by atoms with Gasteiger partial charge < -0.3 is 20.1 Å². The summed E-state index contributed by atoms with van der Waals surface area (Å²) < 4.78 is 11.0. The van der Waals surface area contributed by atoms with E-state index >= 15 is 0 Å². The zero-order chi connectivity index (χ0) is 15.5. The van der Waals surface area contributed by atoms with Gasteiger partial charge in [0, 0.05) is 24.6 Å². The fourth-order valence-electron chi connectivity index (χ4n) is 3.05. The molecule has 1 atom stereocenters. The van der Waals surface area contributed by atoms with Crippen molar-refractivity contribution >= 4 is 11.8 Å². The van der Waals surface area contributed by atoms with Crippen LogP contribution in [0.15, 0.2) is 18.2 Å². The molecule has 1 saturated heterocycles. The molecular formula is C16H20N2O4. The highest BCUT2D eigenvalue weighted by atomic mass is 16.6. The maximum atomic E-state index is 12.8. The Morgan fingerprint density at radius 2 is 1.95 bits per heavy atom. The summed E-state index contributed by atoms with van der Waals surface area (Å²) in [4.78, 5) is 25.7. The van der Waals surface area contributed by atoms with E-state index in [1.54, 1.807) is 23.1 Å². The Balaban J connectivity index is 1.80. The summed E-state index contributed by atoms with van der Waals surface area (Å²) in [7, 11) is 0. The number of piperidine rings is 1. The predicted octanol–water partition coefficient (Wildman–Crippen LogP) is 1.33. The van der Waals surface area contributed by atoms with Gasteiger partial charge in [-0.2, -0.15) is 0 Å². The van der Waals surface area contributed by atoms with Crippen LogP contribution in [0.1, 0.15) is 36.0 Å². The van der Waals surface area contributed by atoms with E-state index in [9.17, 15) is 9.59 Å². The lowest BCUT2D eigenvalue weighted by atomic mass is 9.98. The quantitative estimate of drug-likeness (QED) is 0.913. The second-order valence-corrected chi connectivity index (χ2v) is 5.68. The van der Waals surface area contributed by atoms with Crippen LogP contribution in [0.25, 0.3) is 0 Å². The molecule has 2 aliphatic heterocycles. The fraction of sp³-hybridized carbons (Fsp3) is 0.500. The van der Waals surface area contributed by atoms with E-state index in [4.69, 9.17) is 15.2 Å². The molecule has 6 heteroatoms. The molecule has 2 N–H and O–H groups in total. The van der Waals surface area contributed by atoms with Crippen LogP contribution >= 0.6 is 0 Å². The summed E-state index contributed by atoms with van der Waals surface area (Å²) in [6.45, 7) is 1.66. The molecule has 0 saturated carbocycles. The van der Waals surface area contributed by atoms with Crippen molar-refractivity contribution in [2.24, 2.45) is 5.73 Å². The third kappa shape index (κ3) is 3.00. The van der Waals surface area contributed by atoms with Gasteiger partial charge in [0.1, 0.15) is 13.2 Å². The molecular weight excluding hydrogens is 284 g/mol. The summed E-state index contributed by atoms with van der Waals surface area (Å²) in [6, 6.07) is 5.11. The minimum absolute atomic E-state index is 0.0806. The summed E-state index contributed by atoms with van der Waals surface area (Å²) >= 11 is 0. The van der Waals surface area contributed by atoms with Crippen molar-refractivity contribution in [2.75, 3.05) is 19.8 Å². The van der Waals surface area contributed by atoms with Gasteiger partial charge in [0.05, 0.1) is 0 Å². The predicted molar refractivity (Wildman–Crippen MR) is 79.9 cm³/mol. The molecule has 1 aromatic carbocycles. The van der Waals surface area contributed by atoms with E-state index in [1.165, 1.54) is 0 Å². The monoisotopic (exact) mass is 304 g/mol. The summed E-state index contributed by atoms with van der Waals surface area (Å²) in [6.07, 6.45) is 3.00. The lowest BCUT2D eigenvalue weighted by Crippen LogP contribution is -2.45. The van der Waals surface area contributed by atoms with Gasteiger partial charge in [-0.25, -0.2) is 0 Å². The number of carbonyl (C=O) groups excluding carboxylic acids is 2. The third-order valence-corrected chi connectivity index (χ3v) is 4.11. The second-order valence-electron chi connectivity index (χ2n) is 5.68. The van der Waals surface area contributed by atoms with Crippen LogP contribution in [0.4, 0.5) is 0 Å². The van der Waals surface area contributed by atoms with Gasteiger partial charge in [0.15, 0.2) is 11.5 Å². The maximum Gasteiger partial charge on any atom is 0.254 e. The first kappa shape index (κ1) is 14.7. The van der Waals surface area contributed by atoms with Crippen LogP contribution in [0.2, 0.25) is 0 Å². The Hall–Kier alpha value is -2.24. The van der Waals surface area contributed by atoms with Gasteiger partial charge in [-0.05, 0) is 37.5 Å². The number of carbonyl (C=O) groups is 2. The number of benzene rings is 1. The first-order valence-electron chi connectivity index (χ1n) is 7.64. The van der Waals surface area contributed by atoms with Gasteiger partial charge in [-0.3, -0.25) is 9.59 Å². The topological polar surface area (TPSA) is 81.9 Å². The van der Waals surface area contributed by atoms with Crippen LogP contribution in [0.3, 0.4) is 0 Å². The number of rotatable bonds is 3. The van der Waals surface area contributed by atoms with E-state index in [-0.39, 0.29) is 24.3 Å². The van der Waals surface area contributed by atoms with Crippen LogP contribution in [-0.4, -0.2) is 42.5 Å². The van der Waals surface area contributed by atoms with E-state index in [0.717, 1.165) is 19.3 Å². The Bertz CT molecular complexity index is 588. The average Bonchev–Trinajstić information content (AvgIpc) is 2.54. The number of nitrogens with two attached hydrogens (primary N) is 1. The van der Waals surface area contributed by atoms with Crippen molar-refractivity contribution in [1.29, 1.82) is 0 Å². The largest absolute Gasteiger partial charge is 0.486 e. The molecule has 0 spiro atoms. The average molecular weight is 304 g/mol. The molecule has 3 rings (SSSR count). The molecule has 0 radical (unpaired) electrons. The summed E-state index contributed by atoms with van der Waals surface area (Å²) in [5.41, 5.74) is 5.86. The first-order chi connectivity index (χ1) is 10.6. The normalized spacial score (nSPS) is 20.5. The van der Waals surface area contributed by atoms with E-state index in [2.05, 4.69) is 0 Å². The number of amides is 2. The zero-order valence-electron chi connectivity index (χ0n) is 12.4. The van der Waals surface area contributed by atoms with Crippen molar-refractivity contribution in [1.82, 2.24) is 4.90 Å². The van der Waals surface area contributed by atoms with Crippen LogP contribution < -0.4 is 15.2 Å². The SMILES string of the molecule is NC(=O)C[C@H]1CCCCN1C(=O)c1ccc2c(c1)OCCO2. The number of primary amides is 1. The van der Waals surface area contributed by atoms with Crippen molar-refractivity contribution in [3.63, 3.8) is 0 Å². The number of ether oxygens (including phenoxy) is 2. The van der Waals surface area contributed by atoms with E-state index in [0.29, 0.717) is 36.8 Å². The standard InChI is InChI=1S/C16H20N2O4/c17-15(19)10-12-3-1-2-6-18(12)16(20)11-4-5-13-14(9-11)22-8-7-21-13/h4-5,9,12H,1-3,6-8,10H2,(H2,17,19)/t12-/m1/s1. The minimum atomic E-state index is -0.369. The zero-order valence-corrected chi connectivity index (χ0v) is 12.4. The molecule has 2 amide bonds. The molecule has 0 unspecified atom stereocenters. The summed E-state index contributed by atoms with van der Waals surface area (Å²) in [5.74, 6) is 0.811. The smallest absolute Gasteiger partial charge is 0.254 e. The molecule has 6 nitrogen and oxygen atoms in total. The summed E-state index contributed by atoms with van der Waals surface area (Å²) in [5, 5.41) is 0. The number of likely N-dealkylation sites (tertiary alicyclic amines) is 1. The minimum Gasteiger partial charge on any atom is -0.486 e. The number of fused-ring (bicyclic) bond motifs is 1. The highest BCUT2D eigenvalue weighted by Crippen LogP contribution is 2.32. The molecule has 2 aliphatic rings. The van der Waals surface area contributed by atoms with Crippen molar-refractivity contribution < 1.29 is 19.1 Å². The molecule has 0 aliphatic carbocycles. The van der Waals surface area contributed by atoms with Crippen LogP contribution in [0, 0.1) is 0 Å². The van der Waals surface area contributed by atoms with Gasteiger partial charge in [0.2, 0.25) is 5.91 Å². The molecule has 0 aromatic heterocycles. The van der Waals surface area contributed by atoms with Crippen molar-refractivity contribution in [3.05, 3.63) is 23.8 Å². The Morgan fingerprint density at radius 3 is 2.73 bits per heavy atom. The third-order valence-electron chi connectivity index (χ3n) is 4.11. The Kier molecular flexibility index (Phi) is 4.18. The lowest BCUT2D eigenvalue weighted by molar-refractivity contribution is -0.119. The molecule has 2 heterocycles. The molecule has 1 fully saturated rings. The van der Waals surface area contributed by atoms with Crippen molar-refractivity contribution in [3.8, 4) is 11.5 Å². The maximum absolute atomic E-state index is 12.8. The number of hydrogen-bond donors (Lipinski definition) is 1. The van der Waals surface area contributed by atoms with Gasteiger partial charge in [-0.1, -0.05) is 0 Å². The fourth-order valence-corrected chi connectivity index (χ4v) is 3.05. The van der Waals surface area contributed by atoms with E-state index in [1.807, 2.05) is 0 Å². The van der Waals surface area contributed by atoms with Gasteiger partial charge >= 0.3 is 0 Å². The van der Waals surface area contributed by atoms with Gasteiger partial charge in [-0.15, -0.1) is 0 Å². The first-order valence-corrected chi connectivity index (χ1v) is 7.64. The van der Waals surface area contributed by atoms with Crippen molar-refractivity contribution in [2.45, 2.75) is 31.7 Å². The number of hydrogen-bond acceptors (Lipinski definition) is 4. The van der Waals surface area contributed by atoms with E-state index < -0.39 is 0 Å². The lowest BCUT2D eigenvalue weighted by Gasteiger charge is -2.35. The highest BCUT2D eigenvalue weighted by Gasteiger charge is 2.29. The molecule has 1 aromatic rings. The Labute approximate surface area is 129 Å². The molecule has 22 heavy (non-hydrogen) atoms. The Morgan fingerprint density at radius 1 is 1.18 bits per heavy atom. The number of nitrogens with zero attached hydrogens (tertiary/aromatic N) is 1.